The summed E-state index contributed by atoms with van der Waals surface area (Å²) in [6.45, 7) is 2.55. The molecule has 1 aliphatic heterocycles. The molecule has 1 aliphatic rings. The zero-order valence-corrected chi connectivity index (χ0v) is 10.7. The molecule has 0 saturated heterocycles. The van der Waals surface area contributed by atoms with Gasteiger partial charge in [-0.3, -0.25) is 4.79 Å². The van der Waals surface area contributed by atoms with E-state index < -0.39 is 0 Å². The van der Waals surface area contributed by atoms with E-state index in [-0.39, 0.29) is 12.0 Å². The minimum absolute atomic E-state index is 0.00237. The van der Waals surface area contributed by atoms with E-state index in [1.165, 1.54) is 0 Å². The van der Waals surface area contributed by atoms with Gasteiger partial charge in [-0.05, 0) is 31.2 Å². The molecule has 0 aromatic heterocycles. The summed E-state index contributed by atoms with van der Waals surface area (Å²) in [6, 6.07) is 17.0. The average molecular weight is 253 g/mol. The van der Waals surface area contributed by atoms with E-state index in [0.717, 1.165) is 11.4 Å². The van der Waals surface area contributed by atoms with Crippen LogP contribution in [0.1, 0.15) is 17.3 Å². The highest BCUT2D eigenvalue weighted by Gasteiger charge is 2.27. The summed E-state index contributed by atoms with van der Waals surface area (Å²) in [5.74, 6) is 0.786. The number of hydrogen-bond donors (Lipinski definition) is 0. The van der Waals surface area contributed by atoms with Crippen molar-refractivity contribution in [1.29, 1.82) is 0 Å². The fourth-order valence-corrected chi connectivity index (χ4v) is 2.32. The quantitative estimate of drug-likeness (QED) is 0.781. The summed E-state index contributed by atoms with van der Waals surface area (Å²) in [7, 11) is 0. The highest BCUT2D eigenvalue weighted by molar-refractivity contribution is 6.07. The van der Waals surface area contributed by atoms with Gasteiger partial charge >= 0.3 is 0 Å². The zero-order valence-electron chi connectivity index (χ0n) is 10.7. The number of amides is 1. The normalized spacial score (nSPS) is 17.5. The van der Waals surface area contributed by atoms with Gasteiger partial charge in [-0.1, -0.05) is 30.3 Å². The Labute approximate surface area is 112 Å². The van der Waals surface area contributed by atoms with E-state index in [2.05, 4.69) is 0 Å². The van der Waals surface area contributed by atoms with E-state index in [1.807, 2.05) is 61.5 Å². The molecule has 1 atom stereocenters. The van der Waals surface area contributed by atoms with Gasteiger partial charge in [0.1, 0.15) is 11.9 Å². The third-order valence-electron chi connectivity index (χ3n) is 3.19. The van der Waals surface area contributed by atoms with Crippen molar-refractivity contribution in [2.24, 2.45) is 0 Å². The van der Waals surface area contributed by atoms with Crippen LogP contribution in [-0.2, 0) is 0 Å². The first-order valence-electron chi connectivity index (χ1n) is 6.38. The number of fused-ring (bicyclic) bond motifs is 1. The van der Waals surface area contributed by atoms with E-state index >= 15 is 0 Å². The predicted molar refractivity (Wildman–Crippen MR) is 74.7 cm³/mol. The van der Waals surface area contributed by atoms with Crippen LogP contribution in [0.15, 0.2) is 54.6 Å². The Hall–Kier alpha value is -2.29. The number of anilines is 1. The third-order valence-corrected chi connectivity index (χ3v) is 3.19. The van der Waals surface area contributed by atoms with Crippen LogP contribution in [0, 0.1) is 0 Å². The Kier molecular flexibility index (Phi) is 2.95. The Bertz CT molecular complexity index is 595. The largest absolute Gasteiger partial charge is 0.487 e. The minimum atomic E-state index is 0.00237. The topological polar surface area (TPSA) is 29.5 Å². The van der Waals surface area contributed by atoms with Crippen LogP contribution in [0.2, 0.25) is 0 Å². The first-order chi connectivity index (χ1) is 9.25. The Morgan fingerprint density at radius 3 is 2.58 bits per heavy atom. The molecule has 3 rings (SSSR count). The number of rotatable bonds is 1. The fourth-order valence-electron chi connectivity index (χ4n) is 2.32. The Morgan fingerprint density at radius 2 is 1.79 bits per heavy atom. The Balaban J connectivity index is 1.99. The molecule has 0 aliphatic carbocycles. The molecular weight excluding hydrogens is 238 g/mol. The second-order valence-electron chi connectivity index (χ2n) is 4.68. The van der Waals surface area contributed by atoms with Crippen LogP contribution in [0.4, 0.5) is 5.69 Å². The maximum atomic E-state index is 12.6. The van der Waals surface area contributed by atoms with Crippen molar-refractivity contribution in [2.75, 3.05) is 11.4 Å². The summed E-state index contributed by atoms with van der Waals surface area (Å²) < 4.78 is 5.75. The number of ether oxygens (including phenoxy) is 1. The predicted octanol–water partition coefficient (Wildman–Crippen LogP) is 3.11. The van der Waals surface area contributed by atoms with E-state index in [4.69, 9.17) is 4.74 Å². The number of carbonyl (C=O) groups is 1. The van der Waals surface area contributed by atoms with Gasteiger partial charge in [0.2, 0.25) is 0 Å². The van der Waals surface area contributed by atoms with Gasteiger partial charge in [-0.2, -0.15) is 0 Å². The van der Waals surface area contributed by atoms with Crippen molar-refractivity contribution in [2.45, 2.75) is 13.0 Å². The van der Waals surface area contributed by atoms with Crippen LogP contribution in [-0.4, -0.2) is 18.6 Å². The molecule has 3 nitrogen and oxygen atoms in total. The van der Waals surface area contributed by atoms with Crippen molar-refractivity contribution in [1.82, 2.24) is 0 Å². The van der Waals surface area contributed by atoms with Crippen molar-refractivity contribution in [3.63, 3.8) is 0 Å². The molecule has 19 heavy (non-hydrogen) atoms. The highest BCUT2D eigenvalue weighted by atomic mass is 16.5. The molecule has 0 N–H and O–H groups in total. The van der Waals surface area contributed by atoms with Crippen LogP contribution >= 0.6 is 0 Å². The van der Waals surface area contributed by atoms with Gasteiger partial charge in [0.25, 0.3) is 5.91 Å². The van der Waals surface area contributed by atoms with Gasteiger partial charge in [-0.15, -0.1) is 0 Å². The fraction of sp³-hybridized carbons (Fsp3) is 0.188. The monoisotopic (exact) mass is 253 g/mol. The van der Waals surface area contributed by atoms with Crippen molar-refractivity contribution < 1.29 is 9.53 Å². The lowest BCUT2D eigenvalue weighted by Gasteiger charge is -2.33. The summed E-state index contributed by atoms with van der Waals surface area (Å²) >= 11 is 0. The van der Waals surface area contributed by atoms with Gasteiger partial charge in [0, 0.05) is 5.56 Å². The van der Waals surface area contributed by atoms with Crippen LogP contribution < -0.4 is 9.64 Å². The third kappa shape index (κ3) is 2.19. The van der Waals surface area contributed by atoms with Gasteiger partial charge in [0.05, 0.1) is 12.2 Å². The van der Waals surface area contributed by atoms with Gasteiger partial charge < -0.3 is 9.64 Å². The number of para-hydroxylation sites is 2. The SMILES string of the molecule is C[C@@H]1CN(C(=O)c2ccccc2)c2ccccc2O1. The van der Waals surface area contributed by atoms with Gasteiger partial charge in [0.15, 0.2) is 0 Å². The first-order valence-corrected chi connectivity index (χ1v) is 6.38. The van der Waals surface area contributed by atoms with Crippen molar-refractivity contribution in [3.05, 3.63) is 60.2 Å². The molecule has 0 bridgehead atoms. The lowest BCUT2D eigenvalue weighted by Crippen LogP contribution is -2.42. The second-order valence-corrected chi connectivity index (χ2v) is 4.68. The van der Waals surface area contributed by atoms with E-state index in [1.54, 1.807) is 4.90 Å². The molecule has 0 saturated carbocycles. The maximum absolute atomic E-state index is 12.6. The molecule has 0 fully saturated rings. The molecule has 1 heterocycles. The van der Waals surface area contributed by atoms with E-state index in [9.17, 15) is 4.79 Å². The van der Waals surface area contributed by atoms with Crippen molar-refractivity contribution in [3.8, 4) is 5.75 Å². The second kappa shape index (κ2) is 4.76. The lowest BCUT2D eigenvalue weighted by molar-refractivity contribution is 0.0961. The summed E-state index contributed by atoms with van der Waals surface area (Å²) in [4.78, 5) is 14.4. The maximum Gasteiger partial charge on any atom is 0.258 e. The molecule has 3 heteroatoms. The molecule has 2 aromatic carbocycles. The van der Waals surface area contributed by atoms with E-state index in [0.29, 0.717) is 12.1 Å². The highest BCUT2D eigenvalue weighted by Crippen LogP contribution is 2.33. The first kappa shape index (κ1) is 11.8. The number of benzene rings is 2. The van der Waals surface area contributed by atoms with Crippen LogP contribution in [0.5, 0.6) is 5.75 Å². The molecule has 96 valence electrons. The number of hydrogen-bond acceptors (Lipinski definition) is 2. The molecule has 0 spiro atoms. The molecular formula is C16H15NO2. The summed E-state index contributed by atoms with van der Waals surface area (Å²) in [5.41, 5.74) is 1.54. The van der Waals surface area contributed by atoms with Crippen molar-refractivity contribution >= 4 is 11.6 Å². The molecule has 0 radical (unpaired) electrons. The van der Waals surface area contributed by atoms with Crippen LogP contribution in [0.25, 0.3) is 0 Å². The number of carbonyl (C=O) groups excluding carboxylic acids is 1. The molecule has 2 aromatic rings. The number of nitrogens with zero attached hydrogens (tertiary/aromatic N) is 1. The van der Waals surface area contributed by atoms with Gasteiger partial charge in [-0.25, -0.2) is 0 Å². The Morgan fingerprint density at radius 1 is 1.11 bits per heavy atom. The van der Waals surface area contributed by atoms with Crippen LogP contribution in [0.3, 0.4) is 0 Å². The average Bonchev–Trinajstić information content (AvgIpc) is 2.46. The summed E-state index contributed by atoms with van der Waals surface area (Å²) in [5, 5.41) is 0. The molecule has 0 unspecified atom stereocenters. The smallest absolute Gasteiger partial charge is 0.258 e. The lowest BCUT2D eigenvalue weighted by atomic mass is 10.1. The minimum Gasteiger partial charge on any atom is -0.487 e. The zero-order chi connectivity index (χ0) is 13.2. The standard InChI is InChI=1S/C16H15NO2/c1-12-11-17(14-9-5-6-10-15(14)19-12)16(18)13-7-3-2-4-8-13/h2-10,12H,11H2,1H3/t12-/m1/s1. The summed E-state index contributed by atoms with van der Waals surface area (Å²) in [6.07, 6.45) is 0.00237. The molecule has 1 amide bonds.